The summed E-state index contributed by atoms with van der Waals surface area (Å²) in [6.07, 6.45) is 35.1. The van der Waals surface area contributed by atoms with E-state index in [9.17, 15) is 33.9 Å². The number of rotatable bonds is 47. The van der Waals surface area contributed by atoms with Gasteiger partial charge in [-0.05, 0) is 50.5 Å². The molecule has 0 fully saturated rings. The highest BCUT2D eigenvalue weighted by Crippen LogP contribution is 2.46. The number of esters is 2. The van der Waals surface area contributed by atoms with Gasteiger partial charge in [0.1, 0.15) is 24.4 Å². The average molecular weight is 1100 g/mol. The number of ether oxygens (including phenoxy) is 3. The number of nitrogens with one attached hydrogen (secondary N) is 3. The van der Waals surface area contributed by atoms with Gasteiger partial charge in [-0.2, -0.15) is 11.8 Å². The molecule has 1 aromatic rings. The molecule has 1 rings (SSSR count). The zero-order chi connectivity index (χ0) is 57.2. The Morgan fingerprint density at radius 2 is 1.01 bits per heavy atom. The molecule has 1 aromatic carbocycles. The van der Waals surface area contributed by atoms with Gasteiger partial charge in [0.15, 0.2) is 0 Å². The first-order chi connectivity index (χ1) is 36.7. The van der Waals surface area contributed by atoms with Crippen molar-refractivity contribution in [2.45, 2.75) is 292 Å². The third-order valence-corrected chi connectivity index (χ3v) is 16.2. The number of benzene rings is 1. The zero-order valence-electron chi connectivity index (χ0n) is 50.2. The highest BCUT2D eigenvalue weighted by atomic mass is 32.2. The van der Waals surface area contributed by atoms with Crippen LogP contribution in [0, 0.1) is 10.8 Å². The molecule has 0 aliphatic rings. The van der Waals surface area contributed by atoms with Crippen LogP contribution < -0.4 is 16.0 Å². The van der Waals surface area contributed by atoms with Gasteiger partial charge in [-0.1, -0.05) is 229 Å². The fraction of sp³-hybridized carbons (Fsp3) is 0.810. The maximum atomic E-state index is 13.6. The molecule has 1 unspecified atom stereocenters. The quantitative estimate of drug-likeness (QED) is 0.0276. The number of unbranched alkanes of at least 4 members (excludes halogenated alkanes) is 27. The van der Waals surface area contributed by atoms with Gasteiger partial charge in [0.05, 0.1) is 0 Å². The lowest BCUT2D eigenvalue weighted by Gasteiger charge is -2.50. The summed E-state index contributed by atoms with van der Waals surface area (Å²) in [5, 5.41) is 17.8. The van der Waals surface area contributed by atoms with Gasteiger partial charge >= 0.3 is 24.0 Å². The molecule has 14 heteroatoms. The van der Waals surface area contributed by atoms with E-state index in [2.05, 4.69) is 29.8 Å². The highest BCUT2D eigenvalue weighted by Gasteiger charge is 2.51. The van der Waals surface area contributed by atoms with Crippen LogP contribution in [-0.2, 0) is 33.4 Å². The molecule has 0 radical (unpaired) electrons. The molecule has 4 N–H and O–H groups in total. The minimum absolute atomic E-state index is 0.0804. The Labute approximate surface area is 472 Å². The van der Waals surface area contributed by atoms with Gasteiger partial charge in [0.2, 0.25) is 5.91 Å². The second kappa shape index (κ2) is 43.0. The maximum absolute atomic E-state index is 13.6. The van der Waals surface area contributed by atoms with Crippen LogP contribution in [0.1, 0.15) is 285 Å². The Balaban J connectivity index is 2.64. The van der Waals surface area contributed by atoms with Crippen molar-refractivity contribution in [2.24, 2.45) is 10.8 Å². The third-order valence-electron chi connectivity index (χ3n) is 15.1. The summed E-state index contributed by atoms with van der Waals surface area (Å²) in [4.78, 5) is 77.1. The monoisotopic (exact) mass is 1100 g/mol. The summed E-state index contributed by atoms with van der Waals surface area (Å²) >= 11 is 1.43. The topological polar surface area (TPSA) is 186 Å². The Kier molecular flexibility index (Phi) is 39.8. The van der Waals surface area contributed by atoms with Gasteiger partial charge in [-0.15, -0.1) is 0 Å². The molecule has 0 aromatic heterocycles. The van der Waals surface area contributed by atoms with E-state index in [4.69, 9.17) is 14.2 Å². The van der Waals surface area contributed by atoms with Crippen molar-refractivity contribution in [1.29, 1.82) is 0 Å². The molecule has 0 heterocycles. The molecule has 0 spiro atoms. The second-order valence-corrected chi connectivity index (χ2v) is 24.9. The number of carbonyl (C=O) groups is 6. The Bertz CT molecular complexity index is 1730. The number of thioether (sulfide) groups is 1. The highest BCUT2D eigenvalue weighted by molar-refractivity contribution is 7.99. The van der Waals surface area contributed by atoms with Crippen LogP contribution in [0.25, 0.3) is 0 Å². The fourth-order valence-corrected chi connectivity index (χ4v) is 10.4. The molecule has 0 bridgehead atoms. The zero-order valence-corrected chi connectivity index (χ0v) is 51.0. The average Bonchev–Trinajstić information content (AvgIpc) is 3.37. The molecule has 77 heavy (non-hydrogen) atoms. The number of alkyl carbamates (subject to hydrolysis) is 1. The van der Waals surface area contributed by atoms with Crippen molar-refractivity contribution < 1.29 is 48.1 Å². The standard InChI is InChI=1S/C63H111N3O10S/c1-10-12-14-16-18-20-22-24-25-26-28-30-32-34-36-38-47-64-60(73)74-49-53(75-57(70)39-37-35-33-31-29-27-23-21-19-17-15-13-11-2)50-77-48-46-55(67)65-52-42-40-51(41-43-52)58(71)66-54(44-45-56(68)69)59(72)76-63(9,61(3,4)5)62(6,7)8/h40-43,53-54H,10-39,44-50H2,1-9H3,(H,64,73)(H,65,67)(H,66,71)(H,68,69)/t53?,54-/m0/s1. The summed E-state index contributed by atoms with van der Waals surface area (Å²) in [7, 11) is 0. The first kappa shape index (κ1) is 71.2. The predicted octanol–water partition coefficient (Wildman–Crippen LogP) is 16.5. The number of amides is 3. The van der Waals surface area contributed by atoms with Gasteiger partial charge < -0.3 is 35.3 Å². The predicted molar refractivity (Wildman–Crippen MR) is 318 cm³/mol. The Hall–Kier alpha value is -3.81. The first-order valence-corrected chi connectivity index (χ1v) is 31.7. The minimum atomic E-state index is -1.20. The number of hydrogen-bond donors (Lipinski definition) is 4. The molecule has 444 valence electrons. The van der Waals surface area contributed by atoms with E-state index < -0.39 is 52.5 Å². The largest absolute Gasteiger partial charge is 0.481 e. The molecule has 2 atom stereocenters. The SMILES string of the molecule is CCCCCCCCCCCCCCCCCCNC(=O)OCC(CSCCC(=O)Nc1ccc(C(=O)N[C@@H](CCC(=O)O)C(=O)OC(C)(C(C)(C)C)C(C)(C)C)cc1)OC(=O)CCCCCCCCCCCCCCC. The Morgan fingerprint density at radius 1 is 0.571 bits per heavy atom. The van der Waals surface area contributed by atoms with Gasteiger partial charge in [0, 0.05) is 59.4 Å². The lowest BCUT2D eigenvalue weighted by atomic mass is 9.63. The fourth-order valence-electron chi connectivity index (χ4n) is 9.50. The molecule has 0 aliphatic heterocycles. The Morgan fingerprint density at radius 3 is 1.45 bits per heavy atom. The lowest BCUT2D eigenvalue weighted by molar-refractivity contribution is -0.194. The maximum Gasteiger partial charge on any atom is 0.407 e. The van der Waals surface area contributed by atoms with Crippen LogP contribution in [-0.4, -0.2) is 83.3 Å². The normalized spacial score (nSPS) is 12.6. The molecule has 3 amide bonds. The van der Waals surface area contributed by atoms with E-state index in [0.29, 0.717) is 30.2 Å². The van der Waals surface area contributed by atoms with Crippen molar-refractivity contribution in [3.05, 3.63) is 29.8 Å². The van der Waals surface area contributed by atoms with Crippen LogP contribution in [0.15, 0.2) is 24.3 Å². The summed E-state index contributed by atoms with van der Waals surface area (Å²) in [5.41, 5.74) is -1.21. The van der Waals surface area contributed by atoms with Gasteiger partial charge in [0.25, 0.3) is 5.91 Å². The molecular weight excluding hydrogens is 991 g/mol. The number of anilines is 1. The van der Waals surface area contributed by atoms with E-state index in [0.717, 1.165) is 38.5 Å². The molecular formula is C63H111N3O10S. The molecule has 0 saturated carbocycles. The minimum Gasteiger partial charge on any atom is -0.481 e. The summed E-state index contributed by atoms with van der Waals surface area (Å²) in [6.45, 7) is 18.6. The summed E-state index contributed by atoms with van der Waals surface area (Å²) < 4.78 is 17.5. The van der Waals surface area contributed by atoms with Gasteiger partial charge in [-0.25, -0.2) is 9.59 Å². The first-order valence-electron chi connectivity index (χ1n) is 30.6. The van der Waals surface area contributed by atoms with Crippen molar-refractivity contribution in [3.63, 3.8) is 0 Å². The number of carboxylic acids is 1. The van der Waals surface area contributed by atoms with E-state index in [1.54, 1.807) is 12.1 Å². The number of carbonyl (C=O) groups excluding carboxylic acids is 5. The van der Waals surface area contributed by atoms with Crippen LogP contribution >= 0.6 is 11.8 Å². The van der Waals surface area contributed by atoms with Crippen LogP contribution in [0.4, 0.5) is 10.5 Å². The van der Waals surface area contributed by atoms with Crippen LogP contribution in [0.5, 0.6) is 0 Å². The summed E-state index contributed by atoms with van der Waals surface area (Å²) in [6, 6.07) is 4.99. The smallest absolute Gasteiger partial charge is 0.407 e. The summed E-state index contributed by atoms with van der Waals surface area (Å²) in [5.74, 6) is -2.21. The molecule has 13 nitrogen and oxygen atoms in total. The van der Waals surface area contributed by atoms with E-state index >= 15 is 0 Å². The van der Waals surface area contributed by atoms with Crippen LogP contribution in [0.3, 0.4) is 0 Å². The molecule has 0 saturated heterocycles. The van der Waals surface area contributed by atoms with E-state index in [1.807, 2.05) is 48.5 Å². The second-order valence-electron chi connectivity index (χ2n) is 23.8. The number of carboxylic acid groups (broad SMARTS) is 1. The van der Waals surface area contributed by atoms with Gasteiger partial charge in [-0.3, -0.25) is 19.2 Å². The lowest BCUT2D eigenvalue weighted by Crippen LogP contribution is -2.56. The van der Waals surface area contributed by atoms with Crippen LogP contribution in [0.2, 0.25) is 0 Å². The van der Waals surface area contributed by atoms with Crippen molar-refractivity contribution in [2.75, 3.05) is 30.0 Å². The van der Waals surface area contributed by atoms with Crippen molar-refractivity contribution >= 4 is 53.3 Å². The van der Waals surface area contributed by atoms with E-state index in [1.165, 1.54) is 172 Å². The van der Waals surface area contributed by atoms with Crippen molar-refractivity contribution in [3.8, 4) is 0 Å². The third kappa shape index (κ3) is 35.4. The molecule has 0 aliphatic carbocycles. The number of hydrogen-bond acceptors (Lipinski definition) is 10. The van der Waals surface area contributed by atoms with E-state index in [-0.39, 0.29) is 43.3 Å². The van der Waals surface area contributed by atoms with Crippen molar-refractivity contribution in [1.82, 2.24) is 10.6 Å². The number of aliphatic carboxylic acids is 1.